The summed E-state index contributed by atoms with van der Waals surface area (Å²) in [7, 11) is 0. The maximum absolute atomic E-state index is 11.7. The van der Waals surface area contributed by atoms with E-state index in [-0.39, 0.29) is 11.9 Å². The smallest absolute Gasteiger partial charge is 0.407 e. The predicted octanol–water partition coefficient (Wildman–Crippen LogP) is 1.26. The maximum atomic E-state index is 11.7. The summed E-state index contributed by atoms with van der Waals surface area (Å²) >= 11 is 0. The second-order valence-corrected chi connectivity index (χ2v) is 6.24. The molecule has 0 fully saturated rings. The third-order valence-electron chi connectivity index (χ3n) is 2.32. The quantitative estimate of drug-likeness (QED) is 0.616. The molecule has 6 nitrogen and oxygen atoms in total. The first-order valence-electron chi connectivity index (χ1n) is 7.09. The molecule has 6 heteroatoms. The van der Waals surface area contributed by atoms with Gasteiger partial charge >= 0.3 is 6.09 Å². The molecular formula is C14H29N3O3. The van der Waals surface area contributed by atoms with Crippen LogP contribution in [0, 0.1) is 5.92 Å². The highest BCUT2D eigenvalue weighted by atomic mass is 16.6. The Kier molecular flexibility index (Phi) is 8.22. The average molecular weight is 287 g/mol. The van der Waals surface area contributed by atoms with Gasteiger partial charge in [0.2, 0.25) is 5.91 Å². The molecule has 0 aromatic carbocycles. The standard InChI is InChI=1S/C14H29N3O3/c1-10(2)9-17-12(18)11(3)15-7-8-16-13(19)20-14(4,5)6/h10-11,15H,7-9H2,1-6H3,(H,16,19)(H,17,18). The molecule has 0 bridgehead atoms. The van der Waals surface area contributed by atoms with Crippen LogP contribution in [0.15, 0.2) is 0 Å². The monoisotopic (exact) mass is 287 g/mol. The molecule has 20 heavy (non-hydrogen) atoms. The minimum Gasteiger partial charge on any atom is -0.444 e. The van der Waals surface area contributed by atoms with E-state index in [2.05, 4.69) is 16.0 Å². The van der Waals surface area contributed by atoms with Gasteiger partial charge in [-0.15, -0.1) is 0 Å². The second-order valence-electron chi connectivity index (χ2n) is 6.24. The molecule has 3 N–H and O–H groups in total. The van der Waals surface area contributed by atoms with E-state index < -0.39 is 11.7 Å². The molecule has 0 aromatic rings. The van der Waals surface area contributed by atoms with Crippen LogP contribution in [0.2, 0.25) is 0 Å². The van der Waals surface area contributed by atoms with Crippen LogP contribution in [-0.4, -0.2) is 43.3 Å². The van der Waals surface area contributed by atoms with Gasteiger partial charge in [-0.3, -0.25) is 4.79 Å². The van der Waals surface area contributed by atoms with Crippen molar-refractivity contribution in [3.8, 4) is 0 Å². The summed E-state index contributed by atoms with van der Waals surface area (Å²) in [5.74, 6) is 0.399. The van der Waals surface area contributed by atoms with E-state index in [4.69, 9.17) is 4.74 Å². The molecule has 0 saturated carbocycles. The van der Waals surface area contributed by atoms with Crippen molar-refractivity contribution in [2.45, 2.75) is 53.2 Å². The minimum atomic E-state index is -0.498. The number of hydrogen-bond donors (Lipinski definition) is 3. The van der Waals surface area contributed by atoms with Crippen molar-refractivity contribution < 1.29 is 14.3 Å². The summed E-state index contributed by atoms with van der Waals surface area (Å²) in [6.45, 7) is 12.9. The van der Waals surface area contributed by atoms with Gasteiger partial charge in [-0.1, -0.05) is 13.8 Å². The lowest BCUT2D eigenvalue weighted by Crippen LogP contribution is -2.45. The fraction of sp³-hybridized carbons (Fsp3) is 0.857. The van der Waals surface area contributed by atoms with E-state index in [1.54, 1.807) is 6.92 Å². The van der Waals surface area contributed by atoms with Crippen molar-refractivity contribution in [3.05, 3.63) is 0 Å². The van der Waals surface area contributed by atoms with Crippen LogP contribution < -0.4 is 16.0 Å². The van der Waals surface area contributed by atoms with Crippen molar-refractivity contribution in [3.63, 3.8) is 0 Å². The average Bonchev–Trinajstić information content (AvgIpc) is 2.28. The predicted molar refractivity (Wildman–Crippen MR) is 79.5 cm³/mol. The Bertz CT molecular complexity index is 311. The fourth-order valence-electron chi connectivity index (χ4n) is 1.32. The number of rotatable bonds is 7. The van der Waals surface area contributed by atoms with Gasteiger partial charge in [0.05, 0.1) is 6.04 Å². The number of ether oxygens (including phenoxy) is 1. The van der Waals surface area contributed by atoms with E-state index in [0.717, 1.165) is 0 Å². The van der Waals surface area contributed by atoms with Crippen LogP contribution in [0.25, 0.3) is 0 Å². The van der Waals surface area contributed by atoms with Crippen molar-refractivity contribution >= 4 is 12.0 Å². The highest BCUT2D eigenvalue weighted by Crippen LogP contribution is 2.05. The van der Waals surface area contributed by atoms with Gasteiger partial charge in [-0.25, -0.2) is 4.79 Å². The van der Waals surface area contributed by atoms with Crippen LogP contribution in [0.1, 0.15) is 41.5 Å². The maximum Gasteiger partial charge on any atom is 0.407 e. The lowest BCUT2D eigenvalue weighted by molar-refractivity contribution is -0.122. The number of carbonyl (C=O) groups excluding carboxylic acids is 2. The van der Waals surface area contributed by atoms with Gasteiger partial charge in [0, 0.05) is 19.6 Å². The topological polar surface area (TPSA) is 79.5 Å². The lowest BCUT2D eigenvalue weighted by atomic mass is 10.2. The summed E-state index contributed by atoms with van der Waals surface area (Å²) < 4.78 is 5.10. The van der Waals surface area contributed by atoms with E-state index in [0.29, 0.717) is 25.6 Å². The molecular weight excluding hydrogens is 258 g/mol. The Morgan fingerprint density at radius 1 is 1.05 bits per heavy atom. The van der Waals surface area contributed by atoms with Crippen LogP contribution in [-0.2, 0) is 9.53 Å². The van der Waals surface area contributed by atoms with Crippen molar-refractivity contribution in [1.29, 1.82) is 0 Å². The van der Waals surface area contributed by atoms with E-state index in [1.165, 1.54) is 0 Å². The van der Waals surface area contributed by atoms with Gasteiger partial charge in [0.25, 0.3) is 0 Å². The Labute approximate surface area is 122 Å². The van der Waals surface area contributed by atoms with E-state index in [9.17, 15) is 9.59 Å². The fourth-order valence-corrected chi connectivity index (χ4v) is 1.32. The number of hydrogen-bond acceptors (Lipinski definition) is 4. The summed E-state index contributed by atoms with van der Waals surface area (Å²) in [5.41, 5.74) is -0.498. The molecule has 0 aromatic heterocycles. The molecule has 0 spiro atoms. The van der Waals surface area contributed by atoms with Gasteiger partial charge in [-0.05, 0) is 33.6 Å². The third-order valence-corrected chi connectivity index (χ3v) is 2.32. The number of alkyl carbamates (subject to hydrolysis) is 1. The molecule has 118 valence electrons. The Morgan fingerprint density at radius 3 is 2.15 bits per heavy atom. The lowest BCUT2D eigenvalue weighted by Gasteiger charge is -2.20. The van der Waals surface area contributed by atoms with E-state index >= 15 is 0 Å². The summed E-state index contributed by atoms with van der Waals surface area (Å²) in [6, 6.07) is -0.283. The summed E-state index contributed by atoms with van der Waals surface area (Å²) in [4.78, 5) is 23.1. The third kappa shape index (κ3) is 10.6. The number of nitrogens with one attached hydrogen (secondary N) is 3. The van der Waals surface area contributed by atoms with Crippen molar-refractivity contribution in [1.82, 2.24) is 16.0 Å². The molecule has 0 radical (unpaired) electrons. The molecule has 2 amide bonds. The summed E-state index contributed by atoms with van der Waals surface area (Å²) in [5, 5.41) is 8.52. The van der Waals surface area contributed by atoms with Crippen LogP contribution >= 0.6 is 0 Å². The molecule has 1 atom stereocenters. The molecule has 0 aliphatic rings. The first-order chi connectivity index (χ1) is 9.11. The minimum absolute atomic E-state index is 0.0315. The molecule has 0 heterocycles. The van der Waals surface area contributed by atoms with Crippen molar-refractivity contribution in [2.24, 2.45) is 5.92 Å². The summed E-state index contributed by atoms with van der Waals surface area (Å²) in [6.07, 6.45) is -0.448. The molecule has 1 unspecified atom stereocenters. The highest BCUT2D eigenvalue weighted by Gasteiger charge is 2.16. The normalized spacial score (nSPS) is 12.9. The largest absolute Gasteiger partial charge is 0.444 e. The first-order valence-corrected chi connectivity index (χ1v) is 7.09. The van der Waals surface area contributed by atoms with Crippen molar-refractivity contribution in [2.75, 3.05) is 19.6 Å². The van der Waals surface area contributed by atoms with Gasteiger partial charge < -0.3 is 20.7 Å². The Morgan fingerprint density at radius 2 is 1.65 bits per heavy atom. The SMILES string of the molecule is CC(C)CNC(=O)C(C)NCCNC(=O)OC(C)(C)C. The molecule has 0 rings (SSSR count). The van der Waals surface area contributed by atoms with Crippen LogP contribution in [0.5, 0.6) is 0 Å². The number of amides is 2. The second kappa shape index (κ2) is 8.79. The molecule has 0 aliphatic heterocycles. The van der Waals surface area contributed by atoms with Gasteiger partial charge in [0.15, 0.2) is 0 Å². The Balaban J connectivity index is 3.73. The zero-order valence-electron chi connectivity index (χ0n) is 13.5. The van der Waals surface area contributed by atoms with Crippen LogP contribution in [0.4, 0.5) is 4.79 Å². The van der Waals surface area contributed by atoms with Gasteiger partial charge in [0.1, 0.15) is 5.60 Å². The molecule has 0 saturated heterocycles. The first kappa shape index (κ1) is 18.7. The van der Waals surface area contributed by atoms with Gasteiger partial charge in [-0.2, -0.15) is 0 Å². The zero-order chi connectivity index (χ0) is 15.8. The Hall–Kier alpha value is -1.30. The van der Waals surface area contributed by atoms with E-state index in [1.807, 2.05) is 34.6 Å². The zero-order valence-corrected chi connectivity index (χ0v) is 13.5. The molecule has 0 aliphatic carbocycles. The number of carbonyl (C=O) groups is 2. The highest BCUT2D eigenvalue weighted by molar-refractivity contribution is 5.81. The van der Waals surface area contributed by atoms with Crippen LogP contribution in [0.3, 0.4) is 0 Å².